The summed E-state index contributed by atoms with van der Waals surface area (Å²) in [7, 11) is -3.28. The van der Waals surface area contributed by atoms with Crippen molar-refractivity contribution in [1.82, 2.24) is 0 Å². The minimum atomic E-state index is -3.28. The quantitative estimate of drug-likeness (QED) is 0.633. The van der Waals surface area contributed by atoms with Gasteiger partial charge in [-0.25, -0.2) is 12.8 Å². The van der Waals surface area contributed by atoms with Gasteiger partial charge < -0.3 is 0 Å². The van der Waals surface area contributed by atoms with E-state index in [2.05, 4.69) is 15.9 Å². The van der Waals surface area contributed by atoms with Crippen LogP contribution in [0.5, 0.6) is 0 Å². The Bertz CT molecular complexity index is 477. The molecule has 1 fully saturated rings. The molecule has 0 heterocycles. The van der Waals surface area contributed by atoms with Crippen molar-refractivity contribution in [3.8, 4) is 0 Å². The van der Waals surface area contributed by atoms with Gasteiger partial charge in [-0.05, 0) is 42.5 Å². The first-order valence-corrected chi connectivity index (χ1v) is 7.79. The summed E-state index contributed by atoms with van der Waals surface area (Å²) in [6.07, 6.45) is 1.89. The molecule has 1 aliphatic carbocycles. The van der Waals surface area contributed by atoms with Crippen LogP contribution >= 0.6 is 15.9 Å². The van der Waals surface area contributed by atoms with E-state index in [1.807, 2.05) is 0 Å². The highest BCUT2D eigenvalue weighted by atomic mass is 79.9. The number of rotatable bonds is 4. The standard InChI is InChI=1S/C11H12BrFO2S/c12-7-11(5-6-11)8-16(14,15)10-3-1-9(13)2-4-10/h1-4H,5-8H2. The zero-order valence-corrected chi connectivity index (χ0v) is 11.0. The summed E-state index contributed by atoms with van der Waals surface area (Å²) in [5.74, 6) is -0.266. The molecule has 1 aliphatic rings. The van der Waals surface area contributed by atoms with E-state index >= 15 is 0 Å². The van der Waals surface area contributed by atoms with Gasteiger partial charge in [0.25, 0.3) is 0 Å². The molecule has 0 saturated heterocycles. The molecule has 2 rings (SSSR count). The Morgan fingerprint density at radius 3 is 2.25 bits per heavy atom. The number of benzene rings is 1. The molecule has 0 spiro atoms. The summed E-state index contributed by atoms with van der Waals surface area (Å²) in [6, 6.07) is 5.02. The molecule has 0 aromatic heterocycles. The second kappa shape index (κ2) is 4.11. The predicted molar refractivity (Wildman–Crippen MR) is 63.9 cm³/mol. The number of halogens is 2. The second-order valence-electron chi connectivity index (χ2n) is 4.35. The largest absolute Gasteiger partial charge is 0.224 e. The van der Waals surface area contributed by atoms with Crippen LogP contribution < -0.4 is 0 Å². The maximum atomic E-state index is 12.7. The molecule has 0 amide bonds. The molecule has 0 atom stereocenters. The number of hydrogen-bond acceptors (Lipinski definition) is 2. The zero-order chi connectivity index (χ0) is 11.8. The van der Waals surface area contributed by atoms with Crippen molar-refractivity contribution in [2.45, 2.75) is 17.7 Å². The van der Waals surface area contributed by atoms with Crippen LogP contribution in [-0.4, -0.2) is 19.5 Å². The highest BCUT2D eigenvalue weighted by molar-refractivity contribution is 9.09. The maximum Gasteiger partial charge on any atom is 0.178 e. The van der Waals surface area contributed by atoms with Crippen molar-refractivity contribution in [2.24, 2.45) is 5.41 Å². The molecule has 0 N–H and O–H groups in total. The lowest BCUT2D eigenvalue weighted by Crippen LogP contribution is -2.18. The van der Waals surface area contributed by atoms with Crippen LogP contribution in [-0.2, 0) is 9.84 Å². The van der Waals surface area contributed by atoms with E-state index in [1.165, 1.54) is 24.3 Å². The Morgan fingerprint density at radius 2 is 1.81 bits per heavy atom. The van der Waals surface area contributed by atoms with E-state index in [1.54, 1.807) is 0 Å². The SMILES string of the molecule is O=S(=O)(CC1(CBr)CC1)c1ccc(F)cc1. The molecule has 2 nitrogen and oxygen atoms in total. The first-order valence-electron chi connectivity index (χ1n) is 5.02. The van der Waals surface area contributed by atoms with Crippen LogP contribution in [0.15, 0.2) is 29.2 Å². The molecule has 0 aliphatic heterocycles. The van der Waals surface area contributed by atoms with E-state index in [0.717, 1.165) is 12.8 Å². The third-order valence-electron chi connectivity index (χ3n) is 2.91. The van der Waals surface area contributed by atoms with Crippen molar-refractivity contribution < 1.29 is 12.8 Å². The normalized spacial score (nSPS) is 18.4. The van der Waals surface area contributed by atoms with Gasteiger partial charge in [0.1, 0.15) is 5.82 Å². The lowest BCUT2D eigenvalue weighted by molar-refractivity contribution is 0.571. The molecule has 1 aromatic carbocycles. The maximum absolute atomic E-state index is 12.7. The van der Waals surface area contributed by atoms with Crippen molar-refractivity contribution in [3.05, 3.63) is 30.1 Å². The summed E-state index contributed by atoms with van der Waals surface area (Å²) in [5.41, 5.74) is -0.0901. The highest BCUT2D eigenvalue weighted by Crippen LogP contribution is 2.48. The first kappa shape index (κ1) is 12.0. The molecule has 88 valence electrons. The minimum Gasteiger partial charge on any atom is -0.224 e. The van der Waals surface area contributed by atoms with Crippen LogP contribution in [0.2, 0.25) is 0 Å². The average Bonchev–Trinajstić information content (AvgIpc) is 2.98. The Labute approximate surface area is 103 Å². The van der Waals surface area contributed by atoms with Gasteiger partial charge in [-0.15, -0.1) is 0 Å². The monoisotopic (exact) mass is 306 g/mol. The number of hydrogen-bond donors (Lipinski definition) is 0. The fourth-order valence-electron chi connectivity index (χ4n) is 1.62. The van der Waals surface area contributed by atoms with E-state index in [0.29, 0.717) is 5.33 Å². The molecule has 1 saturated carbocycles. The van der Waals surface area contributed by atoms with E-state index in [4.69, 9.17) is 0 Å². The Morgan fingerprint density at radius 1 is 1.25 bits per heavy atom. The van der Waals surface area contributed by atoms with Crippen molar-refractivity contribution in [1.29, 1.82) is 0 Å². The number of sulfone groups is 1. The van der Waals surface area contributed by atoms with Crippen molar-refractivity contribution in [2.75, 3.05) is 11.1 Å². The fourth-order valence-corrected chi connectivity index (χ4v) is 4.56. The van der Waals surface area contributed by atoms with Crippen LogP contribution in [0, 0.1) is 11.2 Å². The summed E-state index contributed by atoms with van der Waals surface area (Å²) >= 11 is 3.35. The van der Waals surface area contributed by atoms with E-state index in [9.17, 15) is 12.8 Å². The second-order valence-corrected chi connectivity index (χ2v) is 6.90. The number of alkyl halides is 1. The van der Waals surface area contributed by atoms with Gasteiger partial charge in [0.15, 0.2) is 9.84 Å². The van der Waals surface area contributed by atoms with Crippen molar-refractivity contribution >= 4 is 25.8 Å². The Balaban J connectivity index is 2.22. The lowest BCUT2D eigenvalue weighted by atomic mass is 10.2. The molecule has 16 heavy (non-hydrogen) atoms. The fraction of sp³-hybridized carbons (Fsp3) is 0.455. The minimum absolute atomic E-state index is 0.0901. The average molecular weight is 307 g/mol. The van der Waals surface area contributed by atoms with Crippen LogP contribution in [0.4, 0.5) is 4.39 Å². The third-order valence-corrected chi connectivity index (χ3v) is 6.08. The van der Waals surface area contributed by atoms with E-state index in [-0.39, 0.29) is 16.1 Å². The highest BCUT2D eigenvalue weighted by Gasteiger charge is 2.45. The molecule has 0 unspecified atom stereocenters. The van der Waals surface area contributed by atoms with Gasteiger partial charge in [-0.3, -0.25) is 0 Å². The van der Waals surface area contributed by atoms with Crippen molar-refractivity contribution in [3.63, 3.8) is 0 Å². The molecule has 1 aromatic rings. The van der Waals surface area contributed by atoms with Crippen LogP contribution in [0.3, 0.4) is 0 Å². The van der Waals surface area contributed by atoms with E-state index < -0.39 is 15.7 Å². The van der Waals surface area contributed by atoms with Gasteiger partial charge >= 0.3 is 0 Å². The molecular formula is C11H12BrFO2S. The van der Waals surface area contributed by atoms with Gasteiger partial charge in [0.05, 0.1) is 10.6 Å². The zero-order valence-electron chi connectivity index (χ0n) is 8.62. The molecule has 0 bridgehead atoms. The molecule has 5 heteroatoms. The molecule has 0 radical (unpaired) electrons. The van der Waals surface area contributed by atoms with Gasteiger partial charge in [-0.1, -0.05) is 15.9 Å². The molecular weight excluding hydrogens is 295 g/mol. The van der Waals surface area contributed by atoms with Gasteiger partial charge in [0.2, 0.25) is 0 Å². The predicted octanol–water partition coefficient (Wildman–Crippen LogP) is 2.77. The van der Waals surface area contributed by atoms with Crippen LogP contribution in [0.25, 0.3) is 0 Å². The van der Waals surface area contributed by atoms with Gasteiger partial charge in [0, 0.05) is 5.33 Å². The lowest BCUT2D eigenvalue weighted by Gasteiger charge is -2.11. The summed E-state index contributed by atoms with van der Waals surface area (Å²) in [5, 5.41) is 0.709. The summed E-state index contributed by atoms with van der Waals surface area (Å²) in [6.45, 7) is 0. The summed E-state index contributed by atoms with van der Waals surface area (Å²) in [4.78, 5) is 0.209. The topological polar surface area (TPSA) is 34.1 Å². The first-order chi connectivity index (χ1) is 7.47. The van der Waals surface area contributed by atoms with Gasteiger partial charge in [-0.2, -0.15) is 0 Å². The summed E-state index contributed by atoms with van der Waals surface area (Å²) < 4.78 is 36.7. The van der Waals surface area contributed by atoms with Crippen LogP contribution in [0.1, 0.15) is 12.8 Å². The smallest absolute Gasteiger partial charge is 0.178 e. The third kappa shape index (κ3) is 2.46. The Kier molecular flexibility index (Phi) is 3.09. The Hall–Kier alpha value is -0.420.